The maximum absolute atomic E-state index is 11.1. The van der Waals surface area contributed by atoms with Gasteiger partial charge in [0.1, 0.15) is 6.54 Å². The van der Waals surface area contributed by atoms with Gasteiger partial charge in [0.25, 0.3) is 0 Å². The van der Waals surface area contributed by atoms with Gasteiger partial charge in [-0.2, -0.15) is 5.26 Å². The highest BCUT2D eigenvalue weighted by Gasteiger charge is 2.07. The number of hydrogen-bond donors (Lipinski definition) is 3. The second-order valence-corrected chi connectivity index (χ2v) is 4.60. The van der Waals surface area contributed by atoms with E-state index < -0.39 is 16.1 Å². The van der Waals surface area contributed by atoms with Crippen molar-refractivity contribution in [2.75, 3.05) is 11.9 Å². The third-order valence-electron chi connectivity index (χ3n) is 1.77. The van der Waals surface area contributed by atoms with Crippen LogP contribution < -0.4 is 15.8 Å². The molecule has 0 saturated heterocycles. The maximum atomic E-state index is 11.1. The van der Waals surface area contributed by atoms with E-state index in [0.29, 0.717) is 5.69 Å². The molecular weight excluding hydrogens is 244 g/mol. The quantitative estimate of drug-likeness (QED) is 0.655. The Morgan fingerprint density at radius 3 is 2.41 bits per heavy atom. The smallest absolute Gasteiger partial charge is 0.320 e. The number of nitriles is 1. The van der Waals surface area contributed by atoms with Gasteiger partial charge in [0, 0.05) is 5.69 Å². The molecule has 1 aromatic carbocycles. The standard InChI is InChI=1S/C9H10N4O3S/c10-5-6-12-9(14)13-7-1-3-8(4-2-7)17(11,15)16/h1-4H,6H2,(H2,11,15,16)(H2,12,13,14). The molecule has 0 aromatic heterocycles. The summed E-state index contributed by atoms with van der Waals surface area (Å²) in [5.74, 6) is 0. The van der Waals surface area contributed by atoms with Crippen molar-refractivity contribution in [1.82, 2.24) is 5.32 Å². The highest BCUT2D eigenvalue weighted by molar-refractivity contribution is 7.89. The van der Waals surface area contributed by atoms with Crippen LogP contribution in [0.4, 0.5) is 10.5 Å². The Balaban J connectivity index is 2.70. The summed E-state index contributed by atoms with van der Waals surface area (Å²) >= 11 is 0. The summed E-state index contributed by atoms with van der Waals surface area (Å²) in [5.41, 5.74) is 0.396. The van der Waals surface area contributed by atoms with Crippen molar-refractivity contribution < 1.29 is 13.2 Å². The largest absolute Gasteiger partial charge is 0.325 e. The zero-order valence-electron chi connectivity index (χ0n) is 8.67. The molecule has 1 aromatic rings. The molecule has 0 aliphatic heterocycles. The van der Waals surface area contributed by atoms with Crippen LogP contribution in [0.5, 0.6) is 0 Å². The van der Waals surface area contributed by atoms with Crippen LogP contribution in [-0.4, -0.2) is 21.0 Å². The van der Waals surface area contributed by atoms with Crippen LogP contribution in [0.25, 0.3) is 0 Å². The first-order valence-electron chi connectivity index (χ1n) is 4.48. The zero-order chi connectivity index (χ0) is 12.9. The maximum Gasteiger partial charge on any atom is 0.320 e. The normalized spacial score (nSPS) is 10.4. The number of rotatable bonds is 3. The highest BCUT2D eigenvalue weighted by atomic mass is 32.2. The molecule has 2 amide bonds. The Kier molecular flexibility index (Phi) is 4.03. The Bertz CT molecular complexity index is 545. The molecule has 17 heavy (non-hydrogen) atoms. The first kappa shape index (κ1) is 13.0. The summed E-state index contributed by atoms with van der Waals surface area (Å²) in [6, 6.07) is 6.53. The van der Waals surface area contributed by atoms with E-state index in [1.165, 1.54) is 24.3 Å². The molecule has 0 aliphatic rings. The van der Waals surface area contributed by atoms with Crippen molar-refractivity contribution >= 4 is 21.7 Å². The number of nitrogens with zero attached hydrogens (tertiary/aromatic N) is 1. The van der Waals surface area contributed by atoms with E-state index in [9.17, 15) is 13.2 Å². The Morgan fingerprint density at radius 2 is 1.94 bits per heavy atom. The summed E-state index contributed by atoms with van der Waals surface area (Å²) in [4.78, 5) is 11.1. The van der Waals surface area contributed by atoms with E-state index >= 15 is 0 Å². The first-order valence-corrected chi connectivity index (χ1v) is 6.03. The number of nitrogens with two attached hydrogens (primary N) is 1. The lowest BCUT2D eigenvalue weighted by Gasteiger charge is -2.05. The minimum absolute atomic E-state index is 0.0412. The predicted molar refractivity (Wildman–Crippen MR) is 60.4 cm³/mol. The SMILES string of the molecule is N#CCNC(=O)Nc1ccc(S(N)(=O)=O)cc1. The number of amides is 2. The third kappa shape index (κ3) is 4.10. The van der Waals surface area contributed by atoms with Crippen LogP contribution >= 0.6 is 0 Å². The predicted octanol–water partition coefficient (Wildman–Crippen LogP) is -0.0209. The van der Waals surface area contributed by atoms with Gasteiger partial charge in [-0.05, 0) is 24.3 Å². The fraction of sp³-hybridized carbons (Fsp3) is 0.111. The summed E-state index contributed by atoms with van der Waals surface area (Å²) in [6.45, 7) is -0.110. The second-order valence-electron chi connectivity index (χ2n) is 3.04. The number of anilines is 1. The molecule has 8 heteroatoms. The van der Waals surface area contributed by atoms with Gasteiger partial charge in [0.2, 0.25) is 10.0 Å². The Morgan fingerprint density at radius 1 is 1.35 bits per heavy atom. The Labute approximate surface area is 98.3 Å². The van der Waals surface area contributed by atoms with Gasteiger partial charge >= 0.3 is 6.03 Å². The molecular formula is C9H10N4O3S. The van der Waals surface area contributed by atoms with Gasteiger partial charge in [-0.3, -0.25) is 0 Å². The van der Waals surface area contributed by atoms with E-state index in [1.54, 1.807) is 6.07 Å². The molecule has 1 rings (SSSR count). The van der Waals surface area contributed by atoms with Gasteiger partial charge < -0.3 is 10.6 Å². The van der Waals surface area contributed by atoms with E-state index in [2.05, 4.69) is 10.6 Å². The molecule has 0 heterocycles. The minimum atomic E-state index is -3.73. The van der Waals surface area contributed by atoms with E-state index in [4.69, 9.17) is 10.4 Å². The molecule has 0 atom stereocenters. The van der Waals surface area contributed by atoms with Crippen LogP contribution in [0.3, 0.4) is 0 Å². The fourth-order valence-corrected chi connectivity index (χ4v) is 1.54. The molecule has 0 radical (unpaired) electrons. The van der Waals surface area contributed by atoms with Crippen LogP contribution in [0, 0.1) is 11.3 Å². The molecule has 0 aliphatic carbocycles. The molecule has 90 valence electrons. The van der Waals surface area contributed by atoms with Crippen molar-refractivity contribution in [3.63, 3.8) is 0 Å². The van der Waals surface area contributed by atoms with Crippen molar-refractivity contribution in [2.24, 2.45) is 5.14 Å². The van der Waals surface area contributed by atoms with Gasteiger partial charge in [-0.25, -0.2) is 18.4 Å². The lowest BCUT2D eigenvalue weighted by atomic mass is 10.3. The monoisotopic (exact) mass is 254 g/mol. The number of primary sulfonamides is 1. The van der Waals surface area contributed by atoms with Gasteiger partial charge in [-0.15, -0.1) is 0 Å². The molecule has 0 unspecified atom stereocenters. The molecule has 0 bridgehead atoms. The second kappa shape index (κ2) is 5.29. The van der Waals surface area contributed by atoms with Gasteiger partial charge in [-0.1, -0.05) is 0 Å². The van der Waals surface area contributed by atoms with Crippen LogP contribution in [0.2, 0.25) is 0 Å². The molecule has 7 nitrogen and oxygen atoms in total. The Hall–Kier alpha value is -2.11. The van der Waals surface area contributed by atoms with Crippen LogP contribution in [-0.2, 0) is 10.0 Å². The summed E-state index contributed by atoms with van der Waals surface area (Å²) in [5, 5.41) is 17.8. The average molecular weight is 254 g/mol. The number of carbonyl (C=O) groups is 1. The van der Waals surface area contributed by atoms with Gasteiger partial charge in [0.15, 0.2) is 0 Å². The molecule has 4 N–H and O–H groups in total. The lowest BCUT2D eigenvalue weighted by molar-refractivity contribution is 0.253. The van der Waals surface area contributed by atoms with E-state index in [-0.39, 0.29) is 11.4 Å². The molecule has 0 saturated carbocycles. The highest BCUT2D eigenvalue weighted by Crippen LogP contribution is 2.12. The van der Waals surface area contributed by atoms with E-state index in [1.807, 2.05) is 0 Å². The first-order chi connectivity index (χ1) is 7.93. The average Bonchev–Trinajstić information content (AvgIpc) is 2.26. The number of benzene rings is 1. The van der Waals surface area contributed by atoms with Crippen molar-refractivity contribution in [1.29, 1.82) is 5.26 Å². The number of sulfonamides is 1. The van der Waals surface area contributed by atoms with Crippen LogP contribution in [0.1, 0.15) is 0 Å². The number of urea groups is 1. The third-order valence-corrected chi connectivity index (χ3v) is 2.70. The summed E-state index contributed by atoms with van der Waals surface area (Å²) in [6.07, 6.45) is 0. The molecule has 0 fully saturated rings. The number of carbonyl (C=O) groups excluding carboxylic acids is 1. The van der Waals surface area contributed by atoms with Crippen molar-refractivity contribution in [2.45, 2.75) is 4.90 Å². The van der Waals surface area contributed by atoms with Crippen molar-refractivity contribution in [3.05, 3.63) is 24.3 Å². The fourth-order valence-electron chi connectivity index (χ4n) is 1.02. The lowest BCUT2D eigenvalue weighted by Crippen LogP contribution is -2.28. The molecule has 0 spiro atoms. The zero-order valence-corrected chi connectivity index (χ0v) is 9.49. The van der Waals surface area contributed by atoms with Crippen molar-refractivity contribution in [3.8, 4) is 6.07 Å². The topological polar surface area (TPSA) is 125 Å². The van der Waals surface area contributed by atoms with Crippen LogP contribution in [0.15, 0.2) is 29.2 Å². The van der Waals surface area contributed by atoms with Gasteiger partial charge in [0.05, 0.1) is 11.0 Å². The minimum Gasteiger partial charge on any atom is -0.325 e. The summed E-state index contributed by atoms with van der Waals surface area (Å²) < 4.78 is 21.9. The number of hydrogen-bond acceptors (Lipinski definition) is 4. The summed E-state index contributed by atoms with van der Waals surface area (Å²) in [7, 11) is -3.73. The van der Waals surface area contributed by atoms with E-state index in [0.717, 1.165) is 0 Å². The number of nitrogens with one attached hydrogen (secondary N) is 2.